The predicted octanol–water partition coefficient (Wildman–Crippen LogP) is 2.71. The van der Waals surface area contributed by atoms with Gasteiger partial charge in [-0.15, -0.1) is 0 Å². The highest BCUT2D eigenvalue weighted by Gasteiger charge is 2.44. The number of carbonyl (C=O) groups is 1. The first-order valence-electron chi connectivity index (χ1n) is 4.84. The molecule has 1 saturated carbocycles. The topological polar surface area (TPSA) is 17.1 Å². The molecule has 0 bridgehead atoms. The van der Waals surface area contributed by atoms with Crippen LogP contribution in [0.1, 0.15) is 39.5 Å². The summed E-state index contributed by atoms with van der Waals surface area (Å²) in [5.41, 5.74) is 1.68. The molecular formula is C11H16O. The second-order valence-corrected chi connectivity index (χ2v) is 4.41. The zero-order valence-corrected chi connectivity index (χ0v) is 7.89. The van der Waals surface area contributed by atoms with Gasteiger partial charge in [-0.05, 0) is 31.6 Å². The lowest BCUT2D eigenvalue weighted by Gasteiger charge is -2.36. The molecule has 12 heavy (non-hydrogen) atoms. The third-order valence-corrected chi connectivity index (χ3v) is 3.84. The van der Waals surface area contributed by atoms with Crippen molar-refractivity contribution in [2.45, 2.75) is 39.5 Å². The molecule has 1 nitrogen and oxygen atoms in total. The molecular weight excluding hydrogens is 148 g/mol. The van der Waals surface area contributed by atoms with Crippen molar-refractivity contribution in [3.05, 3.63) is 11.6 Å². The van der Waals surface area contributed by atoms with Gasteiger partial charge < -0.3 is 0 Å². The van der Waals surface area contributed by atoms with Crippen LogP contribution in [0.25, 0.3) is 0 Å². The first-order valence-corrected chi connectivity index (χ1v) is 4.84. The van der Waals surface area contributed by atoms with Crippen molar-refractivity contribution in [1.82, 2.24) is 0 Å². The Morgan fingerprint density at radius 2 is 2.33 bits per heavy atom. The molecule has 1 fully saturated rings. The van der Waals surface area contributed by atoms with Crippen molar-refractivity contribution >= 4 is 5.78 Å². The van der Waals surface area contributed by atoms with Gasteiger partial charge in [0.2, 0.25) is 0 Å². The Hall–Kier alpha value is -0.590. The lowest BCUT2D eigenvalue weighted by molar-refractivity contribution is -0.127. The van der Waals surface area contributed by atoms with Crippen LogP contribution in [-0.2, 0) is 4.79 Å². The van der Waals surface area contributed by atoms with E-state index in [1.807, 2.05) is 0 Å². The smallest absolute Gasteiger partial charge is 0.137 e. The molecule has 1 unspecified atom stereocenters. The second kappa shape index (κ2) is 2.45. The number of Topliss-reactive ketones (excluding diaryl/α,β-unsaturated/α-hetero) is 1. The Bertz CT molecular complexity index is 252. The molecule has 2 aliphatic rings. The molecule has 0 aliphatic heterocycles. The van der Waals surface area contributed by atoms with Crippen LogP contribution in [0.15, 0.2) is 11.6 Å². The number of rotatable bonds is 0. The van der Waals surface area contributed by atoms with Gasteiger partial charge in [-0.1, -0.05) is 18.6 Å². The van der Waals surface area contributed by atoms with Gasteiger partial charge in [0, 0.05) is 12.3 Å². The van der Waals surface area contributed by atoms with Crippen LogP contribution in [0.3, 0.4) is 0 Å². The standard InChI is InChI=1S/C11H16O/c1-8-5-6-9-10(12)4-3-7-11(8,9)2/h5,9H,3-4,6-7H2,1-2H3/t9?,11-/m1/s1. The third kappa shape index (κ3) is 0.886. The molecule has 66 valence electrons. The van der Waals surface area contributed by atoms with Crippen molar-refractivity contribution in [2.75, 3.05) is 0 Å². The van der Waals surface area contributed by atoms with E-state index in [1.54, 1.807) is 0 Å². The first-order chi connectivity index (χ1) is 5.64. The molecule has 2 atom stereocenters. The first kappa shape index (κ1) is 8.03. The van der Waals surface area contributed by atoms with Crippen molar-refractivity contribution in [1.29, 1.82) is 0 Å². The lowest BCUT2D eigenvalue weighted by atomic mass is 9.66. The number of allylic oxidation sites excluding steroid dienone is 2. The molecule has 0 radical (unpaired) electrons. The van der Waals surface area contributed by atoms with Gasteiger partial charge in [0.25, 0.3) is 0 Å². The number of ketones is 1. The van der Waals surface area contributed by atoms with Crippen LogP contribution in [0.2, 0.25) is 0 Å². The molecule has 0 amide bonds. The maximum atomic E-state index is 11.6. The minimum atomic E-state index is 0.231. The summed E-state index contributed by atoms with van der Waals surface area (Å²) in [6.07, 6.45) is 6.39. The normalized spacial score (nSPS) is 41.0. The Balaban J connectivity index is 2.32. The van der Waals surface area contributed by atoms with Crippen LogP contribution < -0.4 is 0 Å². The SMILES string of the molecule is CC1=CCC2C(=O)CCC[C@]12C. The van der Waals surface area contributed by atoms with E-state index in [0.717, 1.165) is 19.3 Å². The highest BCUT2D eigenvalue weighted by atomic mass is 16.1. The number of hydrogen-bond donors (Lipinski definition) is 0. The minimum absolute atomic E-state index is 0.231. The summed E-state index contributed by atoms with van der Waals surface area (Å²) in [6, 6.07) is 0. The Morgan fingerprint density at radius 1 is 1.58 bits per heavy atom. The van der Waals surface area contributed by atoms with Crippen LogP contribution in [0, 0.1) is 11.3 Å². The molecule has 2 rings (SSSR count). The number of fused-ring (bicyclic) bond motifs is 1. The van der Waals surface area contributed by atoms with E-state index in [0.29, 0.717) is 11.7 Å². The van der Waals surface area contributed by atoms with Crippen molar-refractivity contribution in [3.8, 4) is 0 Å². The highest BCUT2D eigenvalue weighted by molar-refractivity contribution is 5.84. The van der Waals surface area contributed by atoms with E-state index >= 15 is 0 Å². The largest absolute Gasteiger partial charge is 0.299 e. The average Bonchev–Trinajstić information content (AvgIpc) is 2.30. The summed E-state index contributed by atoms with van der Waals surface area (Å²) in [4.78, 5) is 11.6. The lowest BCUT2D eigenvalue weighted by Crippen LogP contribution is -2.34. The summed E-state index contributed by atoms with van der Waals surface area (Å²) < 4.78 is 0. The van der Waals surface area contributed by atoms with Gasteiger partial charge in [0.05, 0.1) is 0 Å². The maximum absolute atomic E-state index is 11.6. The van der Waals surface area contributed by atoms with Gasteiger partial charge in [-0.25, -0.2) is 0 Å². The van der Waals surface area contributed by atoms with E-state index < -0.39 is 0 Å². The quantitative estimate of drug-likeness (QED) is 0.503. The van der Waals surface area contributed by atoms with Crippen LogP contribution in [0.4, 0.5) is 0 Å². The summed E-state index contributed by atoms with van der Waals surface area (Å²) in [7, 11) is 0. The predicted molar refractivity (Wildman–Crippen MR) is 48.8 cm³/mol. The molecule has 0 heterocycles. The number of carbonyl (C=O) groups excluding carboxylic acids is 1. The molecule has 0 spiro atoms. The number of hydrogen-bond acceptors (Lipinski definition) is 1. The summed E-state index contributed by atoms with van der Waals surface area (Å²) in [6.45, 7) is 4.44. The third-order valence-electron chi connectivity index (χ3n) is 3.84. The minimum Gasteiger partial charge on any atom is -0.299 e. The monoisotopic (exact) mass is 164 g/mol. The fourth-order valence-electron chi connectivity index (χ4n) is 2.72. The van der Waals surface area contributed by atoms with Crippen LogP contribution in [0.5, 0.6) is 0 Å². The zero-order chi connectivity index (χ0) is 8.77. The van der Waals surface area contributed by atoms with E-state index in [2.05, 4.69) is 19.9 Å². The van der Waals surface area contributed by atoms with E-state index in [1.165, 1.54) is 12.0 Å². The van der Waals surface area contributed by atoms with E-state index in [9.17, 15) is 4.79 Å². The van der Waals surface area contributed by atoms with Gasteiger partial charge >= 0.3 is 0 Å². The summed E-state index contributed by atoms with van der Waals surface area (Å²) in [5, 5.41) is 0. The fourth-order valence-corrected chi connectivity index (χ4v) is 2.72. The van der Waals surface area contributed by atoms with Crippen molar-refractivity contribution < 1.29 is 4.79 Å². The molecule has 0 N–H and O–H groups in total. The van der Waals surface area contributed by atoms with E-state index in [4.69, 9.17) is 0 Å². The molecule has 0 aromatic heterocycles. The Morgan fingerprint density at radius 3 is 3.00 bits per heavy atom. The van der Waals surface area contributed by atoms with Gasteiger partial charge in [-0.2, -0.15) is 0 Å². The summed E-state index contributed by atoms with van der Waals surface area (Å²) in [5.74, 6) is 0.822. The molecule has 0 saturated heterocycles. The van der Waals surface area contributed by atoms with E-state index in [-0.39, 0.29) is 5.41 Å². The Kier molecular flexibility index (Phi) is 1.64. The Labute approximate surface area is 73.8 Å². The molecule has 2 aliphatic carbocycles. The summed E-state index contributed by atoms with van der Waals surface area (Å²) >= 11 is 0. The highest BCUT2D eigenvalue weighted by Crippen LogP contribution is 2.50. The fraction of sp³-hybridized carbons (Fsp3) is 0.727. The van der Waals surface area contributed by atoms with Crippen molar-refractivity contribution in [3.63, 3.8) is 0 Å². The van der Waals surface area contributed by atoms with Crippen LogP contribution in [-0.4, -0.2) is 5.78 Å². The van der Waals surface area contributed by atoms with Gasteiger partial charge in [0.15, 0.2) is 0 Å². The van der Waals surface area contributed by atoms with Gasteiger partial charge in [-0.3, -0.25) is 4.79 Å². The molecule has 0 aromatic carbocycles. The van der Waals surface area contributed by atoms with Gasteiger partial charge in [0.1, 0.15) is 5.78 Å². The second-order valence-electron chi connectivity index (χ2n) is 4.41. The van der Waals surface area contributed by atoms with Crippen LogP contribution >= 0.6 is 0 Å². The maximum Gasteiger partial charge on any atom is 0.137 e. The molecule has 0 aromatic rings. The van der Waals surface area contributed by atoms with Crippen molar-refractivity contribution in [2.24, 2.45) is 11.3 Å². The molecule has 1 heteroatoms. The zero-order valence-electron chi connectivity index (χ0n) is 7.89. The average molecular weight is 164 g/mol.